The summed E-state index contributed by atoms with van der Waals surface area (Å²) in [7, 11) is 0. The molecule has 0 aliphatic carbocycles. The van der Waals surface area contributed by atoms with Crippen molar-refractivity contribution in [3.8, 4) is 0 Å². The van der Waals surface area contributed by atoms with E-state index >= 15 is 0 Å². The summed E-state index contributed by atoms with van der Waals surface area (Å²) in [5.41, 5.74) is 1.67. The first-order valence-corrected chi connectivity index (χ1v) is 8.01. The Morgan fingerprint density at radius 3 is 1.15 bits per heavy atom. The van der Waals surface area contributed by atoms with Gasteiger partial charge in [-0.2, -0.15) is 0 Å². The van der Waals surface area contributed by atoms with Crippen molar-refractivity contribution in [1.82, 2.24) is 0 Å². The summed E-state index contributed by atoms with van der Waals surface area (Å²) in [6, 6.07) is 18.9. The maximum Gasteiger partial charge on any atom is 0.300 e. The molecule has 0 saturated carbocycles. The minimum Gasteiger partial charge on any atom is -0.481 e. The quantitative estimate of drug-likeness (QED) is 0.663. The molecule has 0 saturated heterocycles. The van der Waals surface area contributed by atoms with Gasteiger partial charge in [0.05, 0.1) is 12.2 Å². The molecule has 6 heteroatoms. The van der Waals surface area contributed by atoms with Gasteiger partial charge in [-0.1, -0.05) is 67.6 Å². The lowest BCUT2D eigenvalue weighted by Crippen LogP contribution is -2.17. The normalized spacial score (nSPS) is 13.0. The zero-order valence-electron chi connectivity index (χ0n) is 15.1. The van der Waals surface area contributed by atoms with Crippen molar-refractivity contribution < 1.29 is 30.0 Å². The second-order valence-electron chi connectivity index (χ2n) is 5.61. The van der Waals surface area contributed by atoms with Crippen molar-refractivity contribution in [2.45, 2.75) is 33.0 Å². The molecule has 4 N–H and O–H groups in total. The van der Waals surface area contributed by atoms with Crippen LogP contribution in [0.5, 0.6) is 0 Å². The summed E-state index contributed by atoms with van der Waals surface area (Å²) in [5, 5.41) is 35.4. The van der Waals surface area contributed by atoms with E-state index in [1.165, 1.54) is 0 Å². The van der Waals surface area contributed by atoms with Gasteiger partial charge in [-0.25, -0.2) is 0 Å². The van der Waals surface area contributed by atoms with Gasteiger partial charge in [-0.15, -0.1) is 0 Å². The van der Waals surface area contributed by atoms with Crippen LogP contribution in [0.15, 0.2) is 60.7 Å². The van der Waals surface area contributed by atoms with E-state index in [2.05, 4.69) is 0 Å². The summed E-state index contributed by atoms with van der Waals surface area (Å²) in [5.74, 6) is -1.92. The summed E-state index contributed by atoms with van der Waals surface area (Å²) < 4.78 is 0. The number of hydrogen-bond acceptors (Lipinski definition) is 4. The Morgan fingerprint density at radius 1 is 0.692 bits per heavy atom. The molecule has 0 fully saturated rings. The lowest BCUT2D eigenvalue weighted by molar-refractivity contribution is -0.135. The molecule has 0 amide bonds. The third-order valence-corrected chi connectivity index (χ3v) is 3.28. The zero-order chi connectivity index (χ0) is 20.1. The fourth-order valence-corrected chi connectivity index (χ4v) is 2.08. The van der Waals surface area contributed by atoms with Crippen LogP contribution >= 0.6 is 0 Å². The monoisotopic (exact) mass is 362 g/mol. The van der Waals surface area contributed by atoms with Crippen molar-refractivity contribution in [2.24, 2.45) is 5.92 Å². The summed E-state index contributed by atoms with van der Waals surface area (Å²) in [4.78, 5) is 18.0. The van der Waals surface area contributed by atoms with Crippen LogP contribution in [0, 0.1) is 5.92 Å². The number of hydrogen-bond donors (Lipinski definition) is 4. The highest BCUT2D eigenvalue weighted by molar-refractivity contribution is 5.63. The van der Waals surface area contributed by atoms with Gasteiger partial charge < -0.3 is 20.4 Å². The number of carbonyl (C=O) groups is 2. The zero-order valence-corrected chi connectivity index (χ0v) is 15.1. The second kappa shape index (κ2) is 12.6. The highest BCUT2D eigenvalue weighted by atomic mass is 16.4. The van der Waals surface area contributed by atoms with Gasteiger partial charge in [-0.05, 0) is 11.1 Å². The Labute approximate surface area is 153 Å². The number of benzene rings is 2. The lowest BCUT2D eigenvalue weighted by Gasteiger charge is -2.24. The van der Waals surface area contributed by atoms with E-state index < -0.39 is 24.1 Å². The van der Waals surface area contributed by atoms with Crippen LogP contribution in [0.3, 0.4) is 0 Å². The third kappa shape index (κ3) is 10.2. The van der Waals surface area contributed by atoms with Gasteiger partial charge >= 0.3 is 0 Å². The van der Waals surface area contributed by atoms with E-state index in [1.807, 2.05) is 67.6 Å². The standard InChI is InChI=1S/C16H18O2.2C2H4O2/c1-12(15(17)13-8-4-2-5-9-13)16(18)14-10-6-3-7-11-14;2*1-2(3)4/h2-12,15-18H,1H3;2*1H3,(H,3,4). The van der Waals surface area contributed by atoms with Crippen LogP contribution in [-0.2, 0) is 9.59 Å². The van der Waals surface area contributed by atoms with Crippen LogP contribution < -0.4 is 0 Å². The molecule has 0 heterocycles. The number of aliphatic carboxylic acids is 2. The van der Waals surface area contributed by atoms with Crippen molar-refractivity contribution in [3.63, 3.8) is 0 Å². The largest absolute Gasteiger partial charge is 0.481 e. The number of carboxylic acid groups (broad SMARTS) is 2. The number of aliphatic hydroxyl groups excluding tert-OH is 2. The molecule has 2 atom stereocenters. The average molecular weight is 362 g/mol. The fraction of sp³-hybridized carbons (Fsp3) is 0.300. The molecule has 6 nitrogen and oxygen atoms in total. The number of aliphatic hydroxyl groups is 2. The average Bonchev–Trinajstić information content (AvgIpc) is 2.60. The first-order chi connectivity index (χ1) is 12.2. The number of carboxylic acids is 2. The van der Waals surface area contributed by atoms with Gasteiger partial charge in [0.1, 0.15) is 0 Å². The molecule has 0 spiro atoms. The minimum atomic E-state index is -0.833. The molecule has 2 aromatic carbocycles. The maximum atomic E-state index is 10.3. The van der Waals surface area contributed by atoms with Crippen LogP contribution in [0.1, 0.15) is 44.1 Å². The predicted molar refractivity (Wildman–Crippen MR) is 98.6 cm³/mol. The molecule has 0 aliphatic heterocycles. The molecule has 2 unspecified atom stereocenters. The molecule has 0 bridgehead atoms. The van der Waals surface area contributed by atoms with Crippen LogP contribution in [0.2, 0.25) is 0 Å². The molecule has 0 radical (unpaired) electrons. The topological polar surface area (TPSA) is 115 Å². The van der Waals surface area contributed by atoms with Gasteiger partial charge in [0.15, 0.2) is 0 Å². The predicted octanol–water partition coefficient (Wildman–Crippen LogP) is 3.27. The van der Waals surface area contributed by atoms with Crippen LogP contribution in [0.25, 0.3) is 0 Å². The molecular weight excluding hydrogens is 336 g/mol. The van der Waals surface area contributed by atoms with E-state index in [0.29, 0.717) is 0 Å². The summed E-state index contributed by atoms with van der Waals surface area (Å²) >= 11 is 0. The maximum absolute atomic E-state index is 10.3. The minimum absolute atomic E-state index is 0.255. The Morgan fingerprint density at radius 2 is 0.923 bits per heavy atom. The van der Waals surface area contributed by atoms with Crippen molar-refractivity contribution >= 4 is 11.9 Å². The SMILES string of the molecule is CC(=O)O.CC(=O)O.CC(C(O)c1ccccc1)C(O)c1ccccc1. The fourth-order valence-electron chi connectivity index (χ4n) is 2.08. The highest BCUT2D eigenvalue weighted by Crippen LogP contribution is 2.32. The van der Waals surface area contributed by atoms with Crippen LogP contribution in [0.4, 0.5) is 0 Å². The van der Waals surface area contributed by atoms with E-state index in [9.17, 15) is 10.2 Å². The van der Waals surface area contributed by atoms with E-state index in [1.54, 1.807) is 0 Å². The molecule has 0 aliphatic rings. The van der Waals surface area contributed by atoms with E-state index in [4.69, 9.17) is 19.8 Å². The van der Waals surface area contributed by atoms with Gasteiger partial charge in [0, 0.05) is 19.8 Å². The molecule has 26 heavy (non-hydrogen) atoms. The Bertz CT molecular complexity index is 576. The molecule has 2 rings (SSSR count). The Kier molecular flexibility index (Phi) is 11.3. The first-order valence-electron chi connectivity index (χ1n) is 8.01. The van der Waals surface area contributed by atoms with Crippen molar-refractivity contribution in [3.05, 3.63) is 71.8 Å². The van der Waals surface area contributed by atoms with Crippen LogP contribution in [-0.4, -0.2) is 32.4 Å². The summed E-state index contributed by atoms with van der Waals surface area (Å²) in [6.45, 7) is 4.02. The van der Waals surface area contributed by atoms with Gasteiger partial charge in [-0.3, -0.25) is 9.59 Å². The summed E-state index contributed by atoms with van der Waals surface area (Å²) in [6.07, 6.45) is -1.33. The Hall–Kier alpha value is -2.70. The molecular formula is C20H26O6. The molecule has 2 aromatic rings. The lowest BCUT2D eigenvalue weighted by atomic mass is 9.89. The van der Waals surface area contributed by atoms with Gasteiger partial charge in [0.25, 0.3) is 11.9 Å². The first kappa shape index (κ1) is 23.3. The Balaban J connectivity index is 0.000000662. The van der Waals surface area contributed by atoms with E-state index in [-0.39, 0.29) is 5.92 Å². The smallest absolute Gasteiger partial charge is 0.300 e. The van der Waals surface area contributed by atoms with Crippen molar-refractivity contribution in [2.75, 3.05) is 0 Å². The molecule has 142 valence electrons. The molecule has 0 aromatic heterocycles. The third-order valence-electron chi connectivity index (χ3n) is 3.28. The van der Waals surface area contributed by atoms with Gasteiger partial charge in [0.2, 0.25) is 0 Å². The van der Waals surface area contributed by atoms with Crippen molar-refractivity contribution in [1.29, 1.82) is 0 Å². The number of rotatable bonds is 4. The highest BCUT2D eigenvalue weighted by Gasteiger charge is 2.24. The second-order valence-corrected chi connectivity index (χ2v) is 5.61. The van der Waals surface area contributed by atoms with E-state index in [0.717, 1.165) is 25.0 Å².